The molecule has 6 nitrogen and oxygen atoms in total. The number of aliphatic hydroxyl groups excluding tert-OH is 1. The highest BCUT2D eigenvalue weighted by molar-refractivity contribution is 4.55. The van der Waals surface area contributed by atoms with Crippen molar-refractivity contribution in [1.29, 1.82) is 0 Å². The molecule has 0 aliphatic rings. The first kappa shape index (κ1) is 33.8. The Morgan fingerprint density at radius 3 is 1.29 bits per heavy atom. The topological polar surface area (TPSA) is 66.4 Å². The largest absolute Gasteiger partial charge is 0.394 e. The molecule has 0 saturated heterocycles. The van der Waals surface area contributed by atoms with Gasteiger partial charge in [-0.3, -0.25) is 0 Å². The van der Waals surface area contributed by atoms with E-state index in [1.807, 2.05) is 0 Å². The van der Waals surface area contributed by atoms with Crippen LogP contribution in [0.4, 0.5) is 0 Å². The summed E-state index contributed by atoms with van der Waals surface area (Å²) in [5.41, 5.74) is 0. The molecular formula is C28H58O6. The predicted octanol–water partition coefficient (Wildman–Crippen LogP) is 6.32. The number of unbranched alkanes of at least 4 members (excludes halogenated alkanes) is 15. The Hall–Kier alpha value is -0.240. The van der Waals surface area contributed by atoms with Crippen LogP contribution in [0, 0.1) is 0 Å². The molecule has 0 heterocycles. The van der Waals surface area contributed by atoms with Gasteiger partial charge in [0.2, 0.25) is 0 Å². The molecule has 0 radical (unpaired) electrons. The second kappa shape index (κ2) is 30.8. The van der Waals surface area contributed by atoms with Crippen LogP contribution in [0.25, 0.3) is 0 Å². The van der Waals surface area contributed by atoms with E-state index in [1.165, 1.54) is 96.3 Å². The van der Waals surface area contributed by atoms with Crippen molar-refractivity contribution in [2.75, 3.05) is 66.6 Å². The maximum absolute atomic E-state index is 8.60. The lowest BCUT2D eigenvalue weighted by Gasteiger charge is -2.16. The number of ether oxygens (including phenoxy) is 5. The Morgan fingerprint density at radius 1 is 0.471 bits per heavy atom. The van der Waals surface area contributed by atoms with E-state index in [9.17, 15) is 0 Å². The third-order valence-electron chi connectivity index (χ3n) is 6.06. The third-order valence-corrected chi connectivity index (χ3v) is 6.06. The normalized spacial score (nSPS) is 12.4. The van der Waals surface area contributed by atoms with Crippen LogP contribution in [0.5, 0.6) is 0 Å². The van der Waals surface area contributed by atoms with Crippen molar-refractivity contribution in [3.8, 4) is 0 Å². The molecule has 0 saturated carbocycles. The summed E-state index contributed by atoms with van der Waals surface area (Å²) in [6.45, 7) is 6.64. The van der Waals surface area contributed by atoms with Crippen molar-refractivity contribution < 1.29 is 28.8 Å². The van der Waals surface area contributed by atoms with Crippen LogP contribution >= 0.6 is 0 Å². The zero-order valence-corrected chi connectivity index (χ0v) is 22.7. The molecule has 1 atom stereocenters. The Kier molecular flexibility index (Phi) is 30.6. The van der Waals surface area contributed by atoms with Crippen molar-refractivity contribution in [2.24, 2.45) is 0 Å². The Balaban J connectivity index is 3.22. The molecule has 0 spiro atoms. The van der Waals surface area contributed by atoms with Crippen molar-refractivity contribution in [1.82, 2.24) is 0 Å². The maximum atomic E-state index is 8.60. The van der Waals surface area contributed by atoms with E-state index < -0.39 is 0 Å². The summed E-state index contributed by atoms with van der Waals surface area (Å²) < 4.78 is 27.3. The fourth-order valence-electron chi connectivity index (χ4n) is 3.87. The van der Waals surface area contributed by atoms with Crippen LogP contribution in [0.15, 0.2) is 0 Å². The molecule has 6 heteroatoms. The van der Waals surface area contributed by atoms with Gasteiger partial charge < -0.3 is 28.8 Å². The van der Waals surface area contributed by atoms with Gasteiger partial charge in [-0.1, -0.05) is 103 Å². The van der Waals surface area contributed by atoms with Crippen LogP contribution in [0.1, 0.15) is 110 Å². The summed E-state index contributed by atoms with van der Waals surface area (Å²) in [5.74, 6) is 0. The van der Waals surface area contributed by atoms with Gasteiger partial charge in [0.15, 0.2) is 0 Å². The molecule has 34 heavy (non-hydrogen) atoms. The Morgan fingerprint density at radius 2 is 0.853 bits per heavy atom. The maximum Gasteiger partial charge on any atom is 0.104 e. The highest BCUT2D eigenvalue weighted by atomic mass is 16.6. The summed E-state index contributed by atoms with van der Waals surface area (Å²) in [6.07, 6.45) is 22.1. The molecule has 0 amide bonds. The third kappa shape index (κ3) is 28.0. The molecule has 0 aromatic carbocycles. The molecule has 0 aliphatic carbocycles. The second-order valence-corrected chi connectivity index (χ2v) is 9.26. The number of hydrogen-bond donors (Lipinski definition) is 1. The van der Waals surface area contributed by atoms with Gasteiger partial charge in [-0.05, 0) is 6.42 Å². The summed E-state index contributed by atoms with van der Waals surface area (Å²) >= 11 is 0. The van der Waals surface area contributed by atoms with Crippen molar-refractivity contribution in [3.63, 3.8) is 0 Å². The fourth-order valence-corrected chi connectivity index (χ4v) is 3.87. The number of hydrogen-bond acceptors (Lipinski definition) is 6. The molecule has 1 unspecified atom stereocenters. The predicted molar refractivity (Wildman–Crippen MR) is 141 cm³/mol. The first-order valence-electron chi connectivity index (χ1n) is 14.3. The second-order valence-electron chi connectivity index (χ2n) is 9.26. The van der Waals surface area contributed by atoms with E-state index in [4.69, 9.17) is 28.8 Å². The molecular weight excluding hydrogens is 432 g/mol. The van der Waals surface area contributed by atoms with Crippen LogP contribution in [-0.2, 0) is 23.7 Å². The van der Waals surface area contributed by atoms with Gasteiger partial charge in [0, 0.05) is 13.7 Å². The van der Waals surface area contributed by atoms with Crippen LogP contribution in [0.2, 0.25) is 0 Å². The first-order valence-corrected chi connectivity index (χ1v) is 14.3. The molecule has 0 aromatic heterocycles. The Bertz CT molecular complexity index is 356. The summed E-state index contributed by atoms with van der Waals surface area (Å²) in [6, 6.07) is 0. The van der Waals surface area contributed by atoms with E-state index in [0.29, 0.717) is 46.2 Å². The van der Waals surface area contributed by atoms with Gasteiger partial charge in [-0.2, -0.15) is 0 Å². The number of rotatable bonds is 30. The van der Waals surface area contributed by atoms with Crippen molar-refractivity contribution >= 4 is 0 Å². The summed E-state index contributed by atoms with van der Waals surface area (Å²) in [5, 5.41) is 8.60. The molecule has 0 aromatic rings. The monoisotopic (exact) mass is 490 g/mol. The molecule has 1 N–H and O–H groups in total. The minimum absolute atomic E-state index is 0.0334. The highest BCUT2D eigenvalue weighted by Crippen LogP contribution is 2.13. The SMILES string of the molecule is CCCCCCCCCCCCCCCCCCOCC(COCCOCCOCCO)OC. The summed E-state index contributed by atoms with van der Waals surface area (Å²) in [7, 11) is 1.70. The zero-order valence-electron chi connectivity index (χ0n) is 22.7. The van der Waals surface area contributed by atoms with Crippen molar-refractivity contribution in [3.05, 3.63) is 0 Å². The standard InChI is InChI=1S/C28H58O6/c1-3-4-5-6-7-8-9-10-11-12-13-14-15-16-17-18-20-33-26-28(30-2)27-34-25-24-32-23-22-31-21-19-29/h28-29H,3-27H2,1-2H3. The van der Waals surface area contributed by atoms with Crippen molar-refractivity contribution in [2.45, 2.75) is 116 Å². The summed E-state index contributed by atoms with van der Waals surface area (Å²) in [4.78, 5) is 0. The fraction of sp³-hybridized carbons (Fsp3) is 1.00. The first-order chi connectivity index (χ1) is 16.8. The Labute approximate surface area is 211 Å². The van der Waals surface area contributed by atoms with E-state index >= 15 is 0 Å². The van der Waals surface area contributed by atoms with Gasteiger partial charge in [0.25, 0.3) is 0 Å². The minimum atomic E-state index is -0.0334. The molecule has 0 aliphatic heterocycles. The lowest BCUT2D eigenvalue weighted by atomic mass is 10.0. The van der Waals surface area contributed by atoms with E-state index in [-0.39, 0.29) is 12.7 Å². The molecule has 0 bridgehead atoms. The molecule has 0 rings (SSSR count). The lowest BCUT2D eigenvalue weighted by Crippen LogP contribution is -2.25. The highest BCUT2D eigenvalue weighted by Gasteiger charge is 2.07. The quantitative estimate of drug-likeness (QED) is 0.119. The van der Waals surface area contributed by atoms with Gasteiger partial charge in [0.05, 0.1) is 52.9 Å². The van der Waals surface area contributed by atoms with Gasteiger partial charge >= 0.3 is 0 Å². The van der Waals surface area contributed by atoms with Gasteiger partial charge in [-0.25, -0.2) is 0 Å². The van der Waals surface area contributed by atoms with Gasteiger partial charge in [-0.15, -0.1) is 0 Å². The zero-order chi connectivity index (χ0) is 24.8. The number of aliphatic hydroxyl groups is 1. The smallest absolute Gasteiger partial charge is 0.104 e. The van der Waals surface area contributed by atoms with E-state index in [1.54, 1.807) is 7.11 Å². The van der Waals surface area contributed by atoms with Crippen LogP contribution < -0.4 is 0 Å². The number of methoxy groups -OCH3 is 1. The average molecular weight is 491 g/mol. The lowest BCUT2D eigenvalue weighted by molar-refractivity contribution is -0.0536. The molecule has 0 fully saturated rings. The van der Waals surface area contributed by atoms with Crippen LogP contribution in [0.3, 0.4) is 0 Å². The van der Waals surface area contributed by atoms with Gasteiger partial charge in [0.1, 0.15) is 6.10 Å². The minimum Gasteiger partial charge on any atom is -0.394 e. The van der Waals surface area contributed by atoms with Crippen LogP contribution in [-0.4, -0.2) is 77.8 Å². The van der Waals surface area contributed by atoms with E-state index in [0.717, 1.165) is 13.0 Å². The average Bonchev–Trinajstić information content (AvgIpc) is 2.85. The van der Waals surface area contributed by atoms with E-state index in [2.05, 4.69) is 6.92 Å². The molecule has 206 valence electrons.